The van der Waals surface area contributed by atoms with Gasteiger partial charge in [-0.3, -0.25) is 4.79 Å². The molecule has 0 unspecified atom stereocenters. The predicted octanol–water partition coefficient (Wildman–Crippen LogP) is 2.61. The second kappa shape index (κ2) is 5.86. The fourth-order valence-electron chi connectivity index (χ4n) is 3.63. The minimum absolute atomic E-state index is 0.288. The smallest absolute Gasteiger partial charge is 0.224 e. The highest BCUT2D eigenvalue weighted by molar-refractivity contribution is 7.07. The molecule has 1 amide bonds. The van der Waals surface area contributed by atoms with Crippen LogP contribution in [-0.2, 0) is 24.2 Å². The normalized spacial score (nSPS) is 21.5. The van der Waals surface area contributed by atoms with Gasteiger partial charge in [-0.1, -0.05) is 24.3 Å². The molecule has 2 heterocycles. The van der Waals surface area contributed by atoms with Gasteiger partial charge in [-0.05, 0) is 46.4 Å². The monoisotopic (exact) mass is 312 g/mol. The van der Waals surface area contributed by atoms with Crippen LogP contribution < -0.4 is 5.32 Å². The van der Waals surface area contributed by atoms with Crippen molar-refractivity contribution in [1.29, 1.82) is 0 Å². The van der Waals surface area contributed by atoms with Crippen LogP contribution in [0.3, 0.4) is 0 Å². The third-order valence-corrected chi connectivity index (χ3v) is 5.54. The highest BCUT2D eigenvalue weighted by Crippen LogP contribution is 2.28. The summed E-state index contributed by atoms with van der Waals surface area (Å²) in [5, 5.41) is 7.79. The van der Waals surface area contributed by atoms with Gasteiger partial charge in [0.2, 0.25) is 5.91 Å². The average Bonchev–Trinajstić information content (AvgIpc) is 3.24. The minimum Gasteiger partial charge on any atom is -0.337 e. The number of fused-ring (bicyclic) bond motifs is 1. The SMILES string of the molecule is O=C1C[C@H](NCc2ccsc2)CN1C1Cc2ccccc2C1. The van der Waals surface area contributed by atoms with Gasteiger partial charge < -0.3 is 10.2 Å². The number of thiophene rings is 1. The lowest BCUT2D eigenvalue weighted by Gasteiger charge is -2.24. The molecule has 2 aliphatic rings. The van der Waals surface area contributed by atoms with Gasteiger partial charge in [-0.2, -0.15) is 11.3 Å². The third kappa shape index (κ3) is 2.69. The second-order valence-corrected chi connectivity index (χ2v) is 7.07. The van der Waals surface area contributed by atoms with E-state index < -0.39 is 0 Å². The van der Waals surface area contributed by atoms with Gasteiger partial charge in [-0.15, -0.1) is 0 Å². The summed E-state index contributed by atoms with van der Waals surface area (Å²) >= 11 is 1.72. The Balaban J connectivity index is 1.37. The van der Waals surface area contributed by atoms with Gasteiger partial charge in [0.25, 0.3) is 0 Å². The zero-order chi connectivity index (χ0) is 14.9. The molecule has 1 aliphatic carbocycles. The molecule has 1 N–H and O–H groups in total. The number of benzene rings is 1. The van der Waals surface area contributed by atoms with Crippen LogP contribution in [0.4, 0.5) is 0 Å². The van der Waals surface area contributed by atoms with Crippen LogP contribution in [-0.4, -0.2) is 29.4 Å². The van der Waals surface area contributed by atoms with Gasteiger partial charge in [0.15, 0.2) is 0 Å². The maximum absolute atomic E-state index is 12.4. The van der Waals surface area contributed by atoms with E-state index in [1.807, 2.05) is 0 Å². The fourth-order valence-corrected chi connectivity index (χ4v) is 4.30. The van der Waals surface area contributed by atoms with Gasteiger partial charge >= 0.3 is 0 Å². The molecule has 0 spiro atoms. The number of nitrogens with one attached hydrogen (secondary N) is 1. The lowest BCUT2D eigenvalue weighted by molar-refractivity contribution is -0.129. The molecule has 1 saturated heterocycles. The molecule has 2 aromatic rings. The summed E-state index contributed by atoms with van der Waals surface area (Å²) in [6.45, 7) is 1.71. The molecule has 0 bridgehead atoms. The van der Waals surface area contributed by atoms with Crippen molar-refractivity contribution >= 4 is 17.2 Å². The Morgan fingerprint density at radius 2 is 1.91 bits per heavy atom. The minimum atomic E-state index is 0.288. The van der Waals surface area contributed by atoms with Crippen molar-refractivity contribution in [2.45, 2.75) is 37.9 Å². The van der Waals surface area contributed by atoms with E-state index >= 15 is 0 Å². The number of carbonyl (C=O) groups excluding carboxylic acids is 1. The molecule has 4 rings (SSSR count). The van der Waals surface area contributed by atoms with Crippen molar-refractivity contribution in [1.82, 2.24) is 10.2 Å². The van der Waals surface area contributed by atoms with Crippen molar-refractivity contribution in [2.24, 2.45) is 0 Å². The molecule has 4 heteroatoms. The Kier molecular flexibility index (Phi) is 3.72. The lowest BCUT2D eigenvalue weighted by Crippen LogP contribution is -2.39. The van der Waals surface area contributed by atoms with E-state index in [2.05, 4.69) is 51.3 Å². The highest BCUT2D eigenvalue weighted by Gasteiger charge is 2.36. The summed E-state index contributed by atoms with van der Waals surface area (Å²) in [7, 11) is 0. The molecular weight excluding hydrogens is 292 g/mol. The van der Waals surface area contributed by atoms with Crippen LogP contribution in [0.25, 0.3) is 0 Å². The predicted molar refractivity (Wildman–Crippen MR) is 88.9 cm³/mol. The van der Waals surface area contributed by atoms with Gasteiger partial charge in [-0.25, -0.2) is 0 Å². The van der Waals surface area contributed by atoms with Crippen LogP contribution in [0.1, 0.15) is 23.1 Å². The largest absolute Gasteiger partial charge is 0.337 e. The van der Waals surface area contributed by atoms with Crippen LogP contribution in [0, 0.1) is 0 Å². The number of amides is 1. The molecule has 1 aromatic heterocycles. The molecule has 0 radical (unpaired) electrons. The first kappa shape index (κ1) is 14.0. The van der Waals surface area contributed by atoms with Crippen LogP contribution in [0.2, 0.25) is 0 Å². The quantitative estimate of drug-likeness (QED) is 0.941. The number of rotatable bonds is 4. The molecule has 1 atom stereocenters. The summed E-state index contributed by atoms with van der Waals surface area (Å²) in [5.41, 5.74) is 4.13. The maximum atomic E-state index is 12.4. The third-order valence-electron chi connectivity index (χ3n) is 4.80. The Labute approximate surface area is 135 Å². The number of nitrogens with zero attached hydrogens (tertiary/aromatic N) is 1. The molecule has 1 aliphatic heterocycles. The summed E-state index contributed by atoms with van der Waals surface area (Å²) in [5.74, 6) is 0.306. The van der Waals surface area contributed by atoms with Crippen LogP contribution >= 0.6 is 11.3 Å². The molecule has 114 valence electrons. The van der Waals surface area contributed by atoms with E-state index in [0.717, 1.165) is 25.9 Å². The van der Waals surface area contributed by atoms with Crippen LogP contribution in [0.5, 0.6) is 0 Å². The summed E-state index contributed by atoms with van der Waals surface area (Å²) in [6.07, 6.45) is 2.66. The second-order valence-electron chi connectivity index (χ2n) is 6.29. The van der Waals surface area contributed by atoms with Gasteiger partial charge in [0, 0.05) is 31.6 Å². The first-order valence-corrected chi connectivity index (χ1v) is 8.84. The van der Waals surface area contributed by atoms with Crippen LogP contribution in [0.15, 0.2) is 41.1 Å². The van der Waals surface area contributed by atoms with Crippen molar-refractivity contribution < 1.29 is 4.79 Å². The maximum Gasteiger partial charge on any atom is 0.224 e. The average molecular weight is 312 g/mol. The zero-order valence-electron chi connectivity index (χ0n) is 12.5. The number of hydrogen-bond acceptors (Lipinski definition) is 3. The standard InChI is InChI=1S/C18H20N2OS/c21-18-9-16(19-10-13-5-6-22-12-13)11-20(18)17-7-14-3-1-2-4-15(14)8-17/h1-6,12,16-17,19H,7-11H2/t16-/m0/s1. The van der Waals surface area contributed by atoms with E-state index in [9.17, 15) is 4.79 Å². The Hall–Kier alpha value is -1.65. The summed E-state index contributed by atoms with van der Waals surface area (Å²) in [6, 6.07) is 11.4. The van der Waals surface area contributed by atoms with Gasteiger partial charge in [0.05, 0.1) is 0 Å². The molecule has 22 heavy (non-hydrogen) atoms. The molecule has 1 aromatic carbocycles. The Morgan fingerprint density at radius 1 is 1.14 bits per heavy atom. The Morgan fingerprint density at radius 3 is 2.59 bits per heavy atom. The Bertz CT molecular complexity index is 642. The van der Waals surface area contributed by atoms with E-state index in [4.69, 9.17) is 0 Å². The number of likely N-dealkylation sites (tertiary alicyclic amines) is 1. The molecule has 3 nitrogen and oxygen atoms in total. The van der Waals surface area contributed by atoms with E-state index in [1.165, 1.54) is 16.7 Å². The number of carbonyl (C=O) groups is 1. The van der Waals surface area contributed by atoms with Crippen molar-refractivity contribution in [3.63, 3.8) is 0 Å². The first-order chi connectivity index (χ1) is 10.8. The van der Waals surface area contributed by atoms with E-state index in [1.54, 1.807) is 11.3 Å². The van der Waals surface area contributed by atoms with E-state index in [0.29, 0.717) is 18.4 Å². The van der Waals surface area contributed by atoms with Gasteiger partial charge in [0.1, 0.15) is 0 Å². The molecule has 1 fully saturated rings. The summed E-state index contributed by atoms with van der Waals surface area (Å²) < 4.78 is 0. The number of hydrogen-bond donors (Lipinski definition) is 1. The van der Waals surface area contributed by atoms with Crippen molar-refractivity contribution in [3.8, 4) is 0 Å². The summed E-state index contributed by atoms with van der Waals surface area (Å²) in [4.78, 5) is 14.5. The zero-order valence-corrected chi connectivity index (χ0v) is 13.3. The van der Waals surface area contributed by atoms with E-state index in [-0.39, 0.29) is 6.04 Å². The van der Waals surface area contributed by atoms with Crippen molar-refractivity contribution in [2.75, 3.05) is 6.54 Å². The fraction of sp³-hybridized carbons (Fsp3) is 0.389. The topological polar surface area (TPSA) is 32.3 Å². The molecule has 0 saturated carbocycles. The molecular formula is C18H20N2OS. The first-order valence-electron chi connectivity index (χ1n) is 7.90. The highest BCUT2D eigenvalue weighted by atomic mass is 32.1. The van der Waals surface area contributed by atoms with Crippen molar-refractivity contribution in [3.05, 3.63) is 57.8 Å². The lowest BCUT2D eigenvalue weighted by atomic mass is 10.1.